The summed E-state index contributed by atoms with van der Waals surface area (Å²) in [5.41, 5.74) is 3.91. The summed E-state index contributed by atoms with van der Waals surface area (Å²) < 4.78 is 5.58. The van der Waals surface area contributed by atoms with Crippen LogP contribution in [0.5, 0.6) is 0 Å². The summed E-state index contributed by atoms with van der Waals surface area (Å²) >= 11 is 0. The number of amides is 1. The van der Waals surface area contributed by atoms with Crippen LogP contribution in [0.1, 0.15) is 52.7 Å². The number of rotatable bonds is 3. The maximum Gasteiger partial charge on any atom is 0.254 e. The van der Waals surface area contributed by atoms with Gasteiger partial charge in [0, 0.05) is 17.7 Å². The van der Waals surface area contributed by atoms with E-state index in [0.717, 1.165) is 36.0 Å². The van der Waals surface area contributed by atoms with Gasteiger partial charge in [0.25, 0.3) is 5.91 Å². The summed E-state index contributed by atoms with van der Waals surface area (Å²) in [6.07, 6.45) is 2.88. The van der Waals surface area contributed by atoms with Crippen molar-refractivity contribution < 1.29 is 9.32 Å². The molecule has 1 unspecified atom stereocenters. The Hall–Kier alpha value is -2.95. The average molecular weight is 361 g/mol. The minimum absolute atomic E-state index is 0.0232. The second kappa shape index (κ2) is 7.35. The predicted molar refractivity (Wildman–Crippen MR) is 103 cm³/mol. The van der Waals surface area contributed by atoms with Gasteiger partial charge in [0.1, 0.15) is 6.04 Å². The third kappa shape index (κ3) is 3.63. The number of benzene rings is 2. The zero-order valence-corrected chi connectivity index (χ0v) is 15.7. The lowest BCUT2D eigenvalue weighted by atomic mass is 10.0. The minimum atomic E-state index is -0.168. The van der Waals surface area contributed by atoms with Crippen molar-refractivity contribution in [3.05, 3.63) is 71.1 Å². The van der Waals surface area contributed by atoms with E-state index in [1.807, 2.05) is 67.3 Å². The van der Waals surface area contributed by atoms with E-state index in [4.69, 9.17) is 4.52 Å². The topological polar surface area (TPSA) is 59.2 Å². The number of aryl methyl sites for hydroxylation is 2. The van der Waals surface area contributed by atoms with Crippen LogP contribution in [0.25, 0.3) is 11.4 Å². The largest absolute Gasteiger partial charge is 0.337 e. The lowest BCUT2D eigenvalue weighted by Crippen LogP contribution is -2.38. The van der Waals surface area contributed by atoms with Crippen LogP contribution in [0, 0.1) is 13.8 Å². The monoisotopic (exact) mass is 361 g/mol. The fraction of sp³-hybridized carbons (Fsp3) is 0.318. The molecule has 0 spiro atoms. The van der Waals surface area contributed by atoms with Crippen LogP contribution >= 0.6 is 0 Å². The molecule has 0 radical (unpaired) electrons. The van der Waals surface area contributed by atoms with E-state index in [2.05, 4.69) is 10.1 Å². The lowest BCUT2D eigenvalue weighted by Gasteiger charge is -2.33. The summed E-state index contributed by atoms with van der Waals surface area (Å²) in [5.74, 6) is 1.11. The van der Waals surface area contributed by atoms with E-state index < -0.39 is 0 Å². The Balaban J connectivity index is 1.61. The zero-order valence-electron chi connectivity index (χ0n) is 15.7. The molecule has 0 aliphatic carbocycles. The van der Waals surface area contributed by atoms with E-state index >= 15 is 0 Å². The van der Waals surface area contributed by atoms with E-state index in [1.165, 1.54) is 0 Å². The smallest absolute Gasteiger partial charge is 0.254 e. The first-order chi connectivity index (χ1) is 13.1. The normalized spacial score (nSPS) is 17.1. The third-order valence-electron chi connectivity index (χ3n) is 5.07. The second-order valence-corrected chi connectivity index (χ2v) is 7.20. The van der Waals surface area contributed by atoms with Gasteiger partial charge in [-0.3, -0.25) is 4.79 Å². The van der Waals surface area contributed by atoms with Crippen LogP contribution < -0.4 is 0 Å². The quantitative estimate of drug-likeness (QED) is 0.677. The fourth-order valence-corrected chi connectivity index (χ4v) is 3.57. The van der Waals surface area contributed by atoms with Crippen molar-refractivity contribution in [2.45, 2.75) is 39.2 Å². The van der Waals surface area contributed by atoms with Crippen LogP contribution in [0.3, 0.4) is 0 Å². The zero-order chi connectivity index (χ0) is 18.8. The van der Waals surface area contributed by atoms with Crippen LogP contribution in [0.15, 0.2) is 53.1 Å². The van der Waals surface area contributed by atoms with Crippen molar-refractivity contribution in [2.24, 2.45) is 0 Å². The van der Waals surface area contributed by atoms with Gasteiger partial charge < -0.3 is 9.42 Å². The maximum atomic E-state index is 13.1. The molecule has 138 valence electrons. The van der Waals surface area contributed by atoms with E-state index in [1.54, 1.807) is 0 Å². The van der Waals surface area contributed by atoms with Gasteiger partial charge in [-0.2, -0.15) is 4.98 Å². The molecule has 0 bridgehead atoms. The lowest BCUT2D eigenvalue weighted by molar-refractivity contribution is 0.0561. The Kier molecular flexibility index (Phi) is 4.75. The Bertz CT molecular complexity index is 946. The standard InChI is InChI=1S/C22H23N3O2/c1-15-9-11-17(12-10-15)22(26)25-13-4-3-8-19(25)21-23-20(24-27-21)18-7-5-6-16(2)14-18/h5-7,9-12,14,19H,3-4,8,13H2,1-2H3. The molecule has 1 saturated heterocycles. The predicted octanol–water partition coefficient (Wildman–Crippen LogP) is 4.72. The van der Waals surface area contributed by atoms with Crippen LogP contribution in [-0.4, -0.2) is 27.5 Å². The van der Waals surface area contributed by atoms with Crippen molar-refractivity contribution in [1.29, 1.82) is 0 Å². The molecule has 1 aromatic heterocycles. The van der Waals surface area contributed by atoms with Gasteiger partial charge in [0.2, 0.25) is 11.7 Å². The number of hydrogen-bond acceptors (Lipinski definition) is 4. The molecule has 1 amide bonds. The maximum absolute atomic E-state index is 13.1. The minimum Gasteiger partial charge on any atom is -0.337 e. The number of carbonyl (C=O) groups excluding carboxylic acids is 1. The number of nitrogens with zero attached hydrogens (tertiary/aromatic N) is 3. The molecule has 1 atom stereocenters. The molecule has 5 nitrogen and oxygen atoms in total. The first kappa shape index (κ1) is 17.5. The highest BCUT2D eigenvalue weighted by Crippen LogP contribution is 2.32. The van der Waals surface area contributed by atoms with Crippen LogP contribution in [0.2, 0.25) is 0 Å². The van der Waals surface area contributed by atoms with Crippen LogP contribution in [0.4, 0.5) is 0 Å². The number of likely N-dealkylation sites (tertiary alicyclic amines) is 1. The summed E-state index contributed by atoms with van der Waals surface area (Å²) in [6.45, 7) is 4.76. The van der Waals surface area contributed by atoms with Crippen LogP contribution in [-0.2, 0) is 0 Å². The molecule has 1 aliphatic heterocycles. The molecule has 2 heterocycles. The first-order valence-electron chi connectivity index (χ1n) is 9.40. The van der Waals surface area contributed by atoms with Gasteiger partial charge in [-0.05, 0) is 51.3 Å². The molecule has 5 heteroatoms. The van der Waals surface area contributed by atoms with Crippen molar-refractivity contribution in [2.75, 3.05) is 6.54 Å². The van der Waals surface area contributed by atoms with E-state index in [0.29, 0.717) is 23.8 Å². The Labute approximate surface area is 159 Å². The van der Waals surface area contributed by atoms with Gasteiger partial charge in [0.05, 0.1) is 0 Å². The SMILES string of the molecule is Cc1ccc(C(=O)N2CCCCC2c2nc(-c3cccc(C)c3)no2)cc1. The molecule has 0 saturated carbocycles. The second-order valence-electron chi connectivity index (χ2n) is 7.20. The summed E-state index contributed by atoms with van der Waals surface area (Å²) in [4.78, 5) is 19.5. The molecule has 2 aromatic carbocycles. The molecule has 27 heavy (non-hydrogen) atoms. The molecule has 1 fully saturated rings. The molecule has 4 rings (SSSR count). The number of hydrogen-bond donors (Lipinski definition) is 0. The van der Waals surface area contributed by atoms with Gasteiger partial charge in [-0.15, -0.1) is 0 Å². The van der Waals surface area contributed by atoms with Gasteiger partial charge >= 0.3 is 0 Å². The van der Waals surface area contributed by atoms with Crippen molar-refractivity contribution >= 4 is 5.91 Å². The highest BCUT2D eigenvalue weighted by molar-refractivity contribution is 5.94. The third-order valence-corrected chi connectivity index (χ3v) is 5.07. The number of aromatic nitrogens is 2. The van der Waals surface area contributed by atoms with E-state index in [9.17, 15) is 4.79 Å². The average Bonchev–Trinajstić information content (AvgIpc) is 3.18. The number of carbonyl (C=O) groups is 1. The Morgan fingerprint density at radius 1 is 1.07 bits per heavy atom. The Morgan fingerprint density at radius 3 is 2.67 bits per heavy atom. The molecular weight excluding hydrogens is 338 g/mol. The molecule has 0 N–H and O–H groups in total. The highest BCUT2D eigenvalue weighted by atomic mass is 16.5. The first-order valence-corrected chi connectivity index (χ1v) is 9.40. The summed E-state index contributed by atoms with van der Waals surface area (Å²) in [5, 5.41) is 4.16. The van der Waals surface area contributed by atoms with Gasteiger partial charge in [-0.25, -0.2) is 0 Å². The molecule has 3 aromatic rings. The number of piperidine rings is 1. The summed E-state index contributed by atoms with van der Waals surface area (Å²) in [6, 6.07) is 15.6. The fourth-order valence-electron chi connectivity index (χ4n) is 3.57. The molecule has 1 aliphatic rings. The highest BCUT2D eigenvalue weighted by Gasteiger charge is 2.32. The Morgan fingerprint density at radius 2 is 1.89 bits per heavy atom. The van der Waals surface area contributed by atoms with Crippen molar-refractivity contribution in [1.82, 2.24) is 15.0 Å². The van der Waals surface area contributed by atoms with Crippen molar-refractivity contribution in [3.8, 4) is 11.4 Å². The van der Waals surface area contributed by atoms with E-state index in [-0.39, 0.29) is 11.9 Å². The van der Waals surface area contributed by atoms with Gasteiger partial charge in [-0.1, -0.05) is 46.6 Å². The van der Waals surface area contributed by atoms with Crippen molar-refractivity contribution in [3.63, 3.8) is 0 Å². The van der Waals surface area contributed by atoms with Gasteiger partial charge in [0.15, 0.2) is 0 Å². The molecular formula is C22H23N3O2. The summed E-state index contributed by atoms with van der Waals surface area (Å²) in [7, 11) is 0.